The Kier molecular flexibility index (Phi) is 6.61. The van der Waals surface area contributed by atoms with Crippen LogP contribution in [0.5, 0.6) is 0 Å². The zero-order chi connectivity index (χ0) is 24.4. The molecule has 2 aromatic heterocycles. The molecule has 11 heteroatoms. The van der Waals surface area contributed by atoms with Gasteiger partial charge in [-0.2, -0.15) is 5.10 Å². The van der Waals surface area contributed by atoms with Gasteiger partial charge in [0.15, 0.2) is 11.5 Å². The van der Waals surface area contributed by atoms with Crippen LogP contribution in [0.4, 0.5) is 22.9 Å². The largest absolute Gasteiger partial charge is 0.394 e. The molecule has 1 amide bonds. The zero-order valence-electron chi connectivity index (χ0n) is 19.7. The monoisotopic (exact) mass is 454 g/mol. The molecule has 4 N–H and O–H groups in total. The van der Waals surface area contributed by atoms with Crippen molar-refractivity contribution in [1.82, 2.24) is 24.0 Å². The summed E-state index contributed by atoms with van der Waals surface area (Å²) in [5.41, 5.74) is 6.62. The Balaban J connectivity index is 2.15. The molecule has 176 valence electrons. The number of nitrogens with two attached hydrogens (primary N) is 1. The number of nitrogens with zero attached hydrogens (tertiary/aromatic N) is 5. The lowest BCUT2D eigenvalue weighted by atomic mass is 10.0. The highest BCUT2D eigenvalue weighted by Gasteiger charge is 2.25. The smallest absolute Gasteiger partial charge is 0.291 e. The number of benzene rings is 1. The van der Waals surface area contributed by atoms with E-state index in [4.69, 9.17) is 5.73 Å². The molecule has 0 saturated carbocycles. The van der Waals surface area contributed by atoms with Crippen LogP contribution in [-0.2, 0) is 21.1 Å². The molecular weight excluding hydrogens is 424 g/mol. The van der Waals surface area contributed by atoms with E-state index in [1.54, 1.807) is 21.1 Å². The molecule has 0 spiro atoms. The minimum atomic E-state index is -0.441. The zero-order valence-corrected chi connectivity index (χ0v) is 19.7. The highest BCUT2D eigenvalue weighted by atomic mass is 16.2. The van der Waals surface area contributed by atoms with Crippen LogP contribution < -0.4 is 27.5 Å². The summed E-state index contributed by atoms with van der Waals surface area (Å²) in [5.74, 6) is -0.136. The molecule has 3 rings (SSSR count). The number of hydrogen-bond donors (Lipinski definition) is 3. The molecule has 0 saturated heterocycles. The quantitative estimate of drug-likeness (QED) is 0.492. The maximum Gasteiger partial charge on any atom is 0.291 e. The van der Waals surface area contributed by atoms with E-state index in [-0.39, 0.29) is 46.1 Å². The van der Waals surface area contributed by atoms with Gasteiger partial charge < -0.3 is 21.3 Å². The number of aryl methyl sites for hydroxylation is 1. The number of hydrogen-bond acceptors (Lipinski definition) is 7. The second-order valence-corrected chi connectivity index (χ2v) is 7.98. The van der Waals surface area contributed by atoms with E-state index in [2.05, 4.69) is 15.7 Å². The van der Waals surface area contributed by atoms with Gasteiger partial charge in [-0.15, -0.1) is 0 Å². The molecule has 1 unspecified atom stereocenters. The highest BCUT2D eigenvalue weighted by molar-refractivity contribution is 6.00. The molecule has 11 nitrogen and oxygen atoms in total. The minimum Gasteiger partial charge on any atom is -0.394 e. The number of aromatic nitrogens is 4. The van der Waals surface area contributed by atoms with E-state index in [0.29, 0.717) is 6.42 Å². The minimum absolute atomic E-state index is 0.0218. The van der Waals surface area contributed by atoms with Crippen LogP contribution in [0.2, 0.25) is 0 Å². The SMILES string of the molecule is CCC(Nc1c(Nc2c(N)c(C(=O)N(C)C)nn2C)c(=O)n(C)n(C)c1=O)c1ccccc1. The molecule has 33 heavy (non-hydrogen) atoms. The van der Waals surface area contributed by atoms with Crippen LogP contribution in [0.1, 0.15) is 35.4 Å². The first-order valence-electron chi connectivity index (χ1n) is 10.5. The first-order chi connectivity index (χ1) is 15.6. The van der Waals surface area contributed by atoms with Crippen molar-refractivity contribution in [1.29, 1.82) is 0 Å². The van der Waals surface area contributed by atoms with Crippen LogP contribution in [-0.4, -0.2) is 44.0 Å². The summed E-state index contributed by atoms with van der Waals surface area (Å²) < 4.78 is 3.82. The standard InChI is InChI=1S/C22H30N8O3/c1-7-14(13-11-9-8-10-12-13)24-17-18(22(33)30(6)29(5)21(17)32)25-19-15(23)16(26-28(19)4)20(31)27(2)3/h8-12,14,24-25H,7,23H2,1-6H3. The average Bonchev–Trinajstić information content (AvgIpc) is 3.09. The third-order valence-electron chi connectivity index (χ3n) is 5.58. The van der Waals surface area contributed by atoms with Crippen LogP contribution in [0.15, 0.2) is 39.9 Å². The van der Waals surface area contributed by atoms with Gasteiger partial charge in [-0.1, -0.05) is 37.3 Å². The Bertz CT molecular complexity index is 1290. The van der Waals surface area contributed by atoms with E-state index in [0.717, 1.165) is 5.56 Å². The lowest BCUT2D eigenvalue weighted by molar-refractivity contribution is 0.0822. The van der Waals surface area contributed by atoms with Crippen LogP contribution in [0.25, 0.3) is 0 Å². The molecule has 2 heterocycles. The van der Waals surface area contributed by atoms with Gasteiger partial charge in [-0.25, -0.2) is 14.0 Å². The number of amides is 1. The fraction of sp³-hybridized carbons (Fsp3) is 0.364. The van der Waals surface area contributed by atoms with Crippen molar-refractivity contribution < 1.29 is 4.79 Å². The first kappa shape index (κ1) is 23.6. The molecule has 0 fully saturated rings. The van der Waals surface area contributed by atoms with Gasteiger partial charge >= 0.3 is 0 Å². The van der Waals surface area contributed by atoms with Crippen molar-refractivity contribution >= 4 is 28.8 Å². The summed E-state index contributed by atoms with van der Waals surface area (Å²) in [4.78, 5) is 40.2. The van der Waals surface area contributed by atoms with Crippen molar-refractivity contribution in [3.05, 3.63) is 62.3 Å². The third-order valence-corrected chi connectivity index (χ3v) is 5.58. The third kappa shape index (κ3) is 4.34. The second-order valence-electron chi connectivity index (χ2n) is 7.98. The van der Waals surface area contributed by atoms with Gasteiger partial charge in [0.05, 0.1) is 6.04 Å². The molecule has 1 atom stereocenters. The molecule has 0 radical (unpaired) electrons. The first-order valence-corrected chi connectivity index (χ1v) is 10.5. The number of nitrogen functional groups attached to an aromatic ring is 1. The summed E-state index contributed by atoms with van der Waals surface area (Å²) in [6.45, 7) is 1.99. The molecule has 0 aliphatic heterocycles. The van der Waals surface area contributed by atoms with Crippen molar-refractivity contribution in [2.75, 3.05) is 30.5 Å². The van der Waals surface area contributed by atoms with Crippen LogP contribution >= 0.6 is 0 Å². The maximum absolute atomic E-state index is 13.2. The van der Waals surface area contributed by atoms with Gasteiger partial charge in [-0.05, 0) is 12.0 Å². The van der Waals surface area contributed by atoms with Crippen molar-refractivity contribution in [3.8, 4) is 0 Å². The Morgan fingerprint density at radius 3 is 2.18 bits per heavy atom. The second kappa shape index (κ2) is 9.23. The number of rotatable bonds is 7. The molecule has 3 aromatic rings. The Hall–Kier alpha value is -4.02. The predicted octanol–water partition coefficient (Wildman–Crippen LogP) is 1.41. The summed E-state index contributed by atoms with van der Waals surface area (Å²) >= 11 is 0. The van der Waals surface area contributed by atoms with Crippen LogP contribution in [0.3, 0.4) is 0 Å². The number of nitrogens with one attached hydrogen (secondary N) is 2. The van der Waals surface area contributed by atoms with Crippen molar-refractivity contribution in [2.45, 2.75) is 19.4 Å². The lowest BCUT2D eigenvalue weighted by Crippen LogP contribution is -2.38. The van der Waals surface area contributed by atoms with Gasteiger partial charge in [0.1, 0.15) is 17.1 Å². The molecule has 0 bridgehead atoms. The fourth-order valence-electron chi connectivity index (χ4n) is 3.52. The van der Waals surface area contributed by atoms with Gasteiger partial charge in [0.2, 0.25) is 0 Å². The lowest BCUT2D eigenvalue weighted by Gasteiger charge is -2.22. The summed E-state index contributed by atoms with van der Waals surface area (Å²) in [6.07, 6.45) is 0.678. The maximum atomic E-state index is 13.2. The van der Waals surface area contributed by atoms with E-state index in [9.17, 15) is 14.4 Å². The summed E-state index contributed by atoms with van der Waals surface area (Å²) in [6, 6.07) is 9.46. The van der Waals surface area contributed by atoms with Crippen molar-refractivity contribution in [3.63, 3.8) is 0 Å². The van der Waals surface area contributed by atoms with Crippen molar-refractivity contribution in [2.24, 2.45) is 21.1 Å². The molecular formula is C22H30N8O3. The Morgan fingerprint density at radius 1 is 1.06 bits per heavy atom. The highest BCUT2D eigenvalue weighted by Crippen LogP contribution is 2.29. The van der Waals surface area contributed by atoms with E-state index in [1.165, 1.54) is 33.0 Å². The topological polar surface area (TPSA) is 132 Å². The number of carbonyl (C=O) groups is 1. The van der Waals surface area contributed by atoms with E-state index >= 15 is 0 Å². The number of anilines is 4. The molecule has 0 aliphatic rings. The normalized spacial score (nSPS) is 11.8. The Morgan fingerprint density at radius 2 is 1.64 bits per heavy atom. The summed E-state index contributed by atoms with van der Waals surface area (Å²) in [7, 11) is 7.81. The van der Waals surface area contributed by atoms with Gasteiger partial charge in [0.25, 0.3) is 17.0 Å². The van der Waals surface area contributed by atoms with Gasteiger partial charge in [-0.3, -0.25) is 14.4 Å². The van der Waals surface area contributed by atoms with Crippen LogP contribution in [0, 0.1) is 0 Å². The van der Waals surface area contributed by atoms with E-state index < -0.39 is 5.56 Å². The van der Waals surface area contributed by atoms with Gasteiger partial charge in [0, 0.05) is 35.2 Å². The predicted molar refractivity (Wildman–Crippen MR) is 129 cm³/mol. The Labute approximate surface area is 191 Å². The fourth-order valence-corrected chi connectivity index (χ4v) is 3.52. The average molecular weight is 455 g/mol. The summed E-state index contributed by atoms with van der Waals surface area (Å²) in [5, 5.41) is 10.4. The van der Waals surface area contributed by atoms with E-state index in [1.807, 2.05) is 37.3 Å². The molecule has 1 aromatic carbocycles. The molecule has 0 aliphatic carbocycles. The number of carbonyl (C=O) groups excluding carboxylic acids is 1.